The molecule has 0 aromatic heterocycles. The number of unbranched alkanes of at least 4 members (excludes halogenated alkanes) is 2. The van der Waals surface area contributed by atoms with Gasteiger partial charge in [0.2, 0.25) is 0 Å². The van der Waals surface area contributed by atoms with E-state index in [2.05, 4.69) is 20.8 Å². The van der Waals surface area contributed by atoms with Crippen LogP contribution < -0.4 is 4.90 Å². The molecule has 15 heavy (non-hydrogen) atoms. The molecule has 1 rings (SSSR count). The summed E-state index contributed by atoms with van der Waals surface area (Å²) in [6.07, 6.45) is 3.63. The van der Waals surface area contributed by atoms with Gasteiger partial charge >= 0.3 is 0 Å². The van der Waals surface area contributed by atoms with E-state index in [1.807, 2.05) is 19.2 Å². The minimum Gasteiger partial charge on any atom is -0.375 e. The van der Waals surface area contributed by atoms with Gasteiger partial charge < -0.3 is 4.90 Å². The number of hydrogen-bond acceptors (Lipinski definition) is 1. The zero-order chi connectivity index (χ0) is 11.1. The van der Waals surface area contributed by atoms with Crippen LogP contribution in [0.4, 0.5) is 10.1 Å². The van der Waals surface area contributed by atoms with Crippen molar-refractivity contribution in [3.8, 4) is 0 Å². The van der Waals surface area contributed by atoms with Crippen molar-refractivity contribution in [1.82, 2.24) is 0 Å². The number of rotatable bonds is 6. The Balaban J connectivity index is 2.33. The van der Waals surface area contributed by atoms with Gasteiger partial charge in [0.05, 0.1) is 0 Å². The summed E-state index contributed by atoms with van der Waals surface area (Å²) < 4.78 is 12.7. The molecule has 0 fully saturated rings. The molecule has 0 spiro atoms. The zero-order valence-corrected chi connectivity index (χ0v) is 10.6. The molecule has 0 radical (unpaired) electrons. The Morgan fingerprint density at radius 3 is 2.40 bits per heavy atom. The second kappa shape index (κ2) is 6.83. The lowest BCUT2D eigenvalue weighted by atomic mass is 10.2. The largest absolute Gasteiger partial charge is 0.375 e. The van der Waals surface area contributed by atoms with Gasteiger partial charge in [0, 0.05) is 24.6 Å². The van der Waals surface area contributed by atoms with E-state index in [0.29, 0.717) is 0 Å². The van der Waals surface area contributed by atoms with Crippen molar-refractivity contribution in [2.24, 2.45) is 0 Å². The Bertz CT molecular complexity index is 273. The van der Waals surface area contributed by atoms with Crippen molar-refractivity contribution in [1.29, 1.82) is 0 Å². The van der Waals surface area contributed by atoms with Crippen LogP contribution >= 0.6 is 15.9 Å². The molecular formula is C12H17BrFN. The van der Waals surface area contributed by atoms with Crippen LogP contribution in [-0.2, 0) is 0 Å². The van der Waals surface area contributed by atoms with Crippen LogP contribution in [0.1, 0.15) is 19.3 Å². The minimum absolute atomic E-state index is 0.175. The molecule has 1 nitrogen and oxygen atoms in total. The molecule has 0 bridgehead atoms. The van der Waals surface area contributed by atoms with E-state index >= 15 is 0 Å². The molecule has 0 N–H and O–H groups in total. The van der Waals surface area contributed by atoms with Gasteiger partial charge in [-0.15, -0.1) is 0 Å². The molecule has 3 heteroatoms. The minimum atomic E-state index is -0.175. The van der Waals surface area contributed by atoms with Crippen molar-refractivity contribution in [2.45, 2.75) is 19.3 Å². The first-order valence-electron chi connectivity index (χ1n) is 5.26. The molecule has 84 valence electrons. The van der Waals surface area contributed by atoms with Crippen molar-refractivity contribution < 1.29 is 4.39 Å². The Morgan fingerprint density at radius 2 is 1.80 bits per heavy atom. The maximum absolute atomic E-state index is 12.7. The molecule has 0 aliphatic heterocycles. The molecule has 1 aromatic carbocycles. The monoisotopic (exact) mass is 273 g/mol. The topological polar surface area (TPSA) is 3.24 Å². The van der Waals surface area contributed by atoms with Crippen molar-refractivity contribution in [3.05, 3.63) is 30.1 Å². The van der Waals surface area contributed by atoms with Crippen molar-refractivity contribution >= 4 is 21.6 Å². The van der Waals surface area contributed by atoms with Crippen LogP contribution in [0.2, 0.25) is 0 Å². The fourth-order valence-electron chi connectivity index (χ4n) is 1.44. The number of hydrogen-bond donors (Lipinski definition) is 0. The summed E-state index contributed by atoms with van der Waals surface area (Å²) in [7, 11) is 2.04. The summed E-state index contributed by atoms with van der Waals surface area (Å²) in [5, 5.41) is 1.08. The lowest BCUT2D eigenvalue weighted by molar-refractivity contribution is 0.627. The standard InChI is InChI=1S/C12H17BrFN/c1-15(10-4-2-3-9-13)12-7-5-11(14)6-8-12/h5-8H,2-4,9-10H2,1H3. The molecule has 0 aliphatic carbocycles. The van der Waals surface area contributed by atoms with Gasteiger partial charge in [0.1, 0.15) is 5.82 Å². The van der Waals surface area contributed by atoms with E-state index < -0.39 is 0 Å². The molecular weight excluding hydrogens is 257 g/mol. The maximum Gasteiger partial charge on any atom is 0.123 e. The normalized spacial score (nSPS) is 10.3. The fraction of sp³-hybridized carbons (Fsp3) is 0.500. The second-order valence-electron chi connectivity index (χ2n) is 3.65. The number of alkyl halides is 1. The summed E-state index contributed by atoms with van der Waals surface area (Å²) >= 11 is 3.41. The summed E-state index contributed by atoms with van der Waals surface area (Å²) in [5.74, 6) is -0.175. The van der Waals surface area contributed by atoms with Gasteiger partial charge in [-0.25, -0.2) is 4.39 Å². The highest BCUT2D eigenvalue weighted by Crippen LogP contribution is 2.13. The van der Waals surface area contributed by atoms with Crippen LogP contribution in [0.15, 0.2) is 24.3 Å². The molecule has 0 saturated carbocycles. The Morgan fingerprint density at radius 1 is 1.13 bits per heavy atom. The predicted octanol–water partition coefficient (Wildman–Crippen LogP) is 3.83. The third kappa shape index (κ3) is 4.65. The lowest BCUT2D eigenvalue weighted by Gasteiger charge is -2.18. The summed E-state index contributed by atoms with van der Waals surface area (Å²) in [6.45, 7) is 1.03. The van der Waals surface area contributed by atoms with E-state index in [1.54, 1.807) is 0 Å². The number of benzene rings is 1. The van der Waals surface area contributed by atoms with E-state index in [4.69, 9.17) is 0 Å². The average Bonchev–Trinajstić information content (AvgIpc) is 2.25. The molecule has 0 unspecified atom stereocenters. The third-order valence-electron chi connectivity index (χ3n) is 2.39. The molecule has 1 aromatic rings. The molecule has 0 heterocycles. The molecule has 0 saturated heterocycles. The van der Waals surface area contributed by atoms with Crippen LogP contribution in [0.5, 0.6) is 0 Å². The second-order valence-corrected chi connectivity index (χ2v) is 4.44. The SMILES string of the molecule is CN(CCCCCBr)c1ccc(F)cc1. The Labute approximate surface area is 99.4 Å². The van der Waals surface area contributed by atoms with Gasteiger partial charge in [-0.2, -0.15) is 0 Å². The van der Waals surface area contributed by atoms with E-state index in [0.717, 1.165) is 17.6 Å². The smallest absolute Gasteiger partial charge is 0.123 e. The highest BCUT2D eigenvalue weighted by Gasteiger charge is 2.00. The quantitative estimate of drug-likeness (QED) is 0.563. The van der Waals surface area contributed by atoms with Crippen LogP contribution in [0, 0.1) is 5.82 Å². The summed E-state index contributed by atoms with van der Waals surface area (Å²) in [6, 6.07) is 6.65. The summed E-state index contributed by atoms with van der Waals surface area (Å²) in [4.78, 5) is 2.16. The van der Waals surface area contributed by atoms with Crippen LogP contribution in [0.25, 0.3) is 0 Å². The maximum atomic E-state index is 12.7. The third-order valence-corrected chi connectivity index (χ3v) is 2.96. The average molecular weight is 274 g/mol. The van der Waals surface area contributed by atoms with Gasteiger partial charge in [-0.3, -0.25) is 0 Å². The number of nitrogens with zero attached hydrogens (tertiary/aromatic N) is 1. The van der Waals surface area contributed by atoms with E-state index in [1.165, 1.54) is 31.4 Å². The first-order valence-corrected chi connectivity index (χ1v) is 6.39. The first kappa shape index (κ1) is 12.5. The molecule has 0 aliphatic rings. The molecule has 0 atom stereocenters. The highest BCUT2D eigenvalue weighted by atomic mass is 79.9. The predicted molar refractivity (Wildman–Crippen MR) is 67.3 cm³/mol. The van der Waals surface area contributed by atoms with Gasteiger partial charge in [-0.05, 0) is 37.1 Å². The van der Waals surface area contributed by atoms with Crippen LogP contribution in [-0.4, -0.2) is 18.9 Å². The van der Waals surface area contributed by atoms with Gasteiger partial charge in [-0.1, -0.05) is 22.4 Å². The van der Waals surface area contributed by atoms with Crippen molar-refractivity contribution in [2.75, 3.05) is 23.8 Å². The zero-order valence-electron chi connectivity index (χ0n) is 9.05. The molecule has 0 amide bonds. The Hall–Kier alpha value is -0.570. The Kier molecular flexibility index (Phi) is 5.69. The fourth-order valence-corrected chi connectivity index (χ4v) is 1.84. The van der Waals surface area contributed by atoms with Gasteiger partial charge in [0.25, 0.3) is 0 Å². The number of halogens is 2. The van der Waals surface area contributed by atoms with Crippen LogP contribution in [0.3, 0.4) is 0 Å². The lowest BCUT2D eigenvalue weighted by Crippen LogP contribution is -2.18. The van der Waals surface area contributed by atoms with Crippen molar-refractivity contribution in [3.63, 3.8) is 0 Å². The summed E-state index contributed by atoms with van der Waals surface area (Å²) in [5.41, 5.74) is 1.08. The van der Waals surface area contributed by atoms with E-state index in [-0.39, 0.29) is 5.82 Å². The van der Waals surface area contributed by atoms with Gasteiger partial charge in [0.15, 0.2) is 0 Å². The number of anilines is 1. The highest BCUT2D eigenvalue weighted by molar-refractivity contribution is 9.09. The van der Waals surface area contributed by atoms with E-state index in [9.17, 15) is 4.39 Å². The first-order chi connectivity index (χ1) is 7.24.